The van der Waals surface area contributed by atoms with Crippen molar-refractivity contribution in [3.63, 3.8) is 0 Å². The third-order valence-electron chi connectivity index (χ3n) is 4.27. The summed E-state index contributed by atoms with van der Waals surface area (Å²) in [6.07, 6.45) is 0. The SMILES string of the molecule is CCN(CC)S(=O)(=O)c1cc(NCc2nc(-c3ccc(Cl)cc3)no2)ccc1Cl. The number of nitrogens with zero attached hydrogens (tertiary/aromatic N) is 3. The summed E-state index contributed by atoms with van der Waals surface area (Å²) in [5, 5.41) is 7.84. The summed E-state index contributed by atoms with van der Waals surface area (Å²) < 4.78 is 32.2. The summed E-state index contributed by atoms with van der Waals surface area (Å²) in [6, 6.07) is 11.8. The van der Waals surface area contributed by atoms with Crippen LogP contribution in [-0.2, 0) is 16.6 Å². The van der Waals surface area contributed by atoms with Gasteiger partial charge in [0.05, 0.1) is 11.6 Å². The van der Waals surface area contributed by atoms with E-state index in [0.29, 0.717) is 35.5 Å². The van der Waals surface area contributed by atoms with Gasteiger partial charge in [-0.1, -0.05) is 42.2 Å². The maximum atomic E-state index is 12.8. The van der Waals surface area contributed by atoms with Gasteiger partial charge in [0.1, 0.15) is 4.90 Å². The summed E-state index contributed by atoms with van der Waals surface area (Å²) in [7, 11) is -3.67. The van der Waals surface area contributed by atoms with Gasteiger partial charge in [-0.2, -0.15) is 9.29 Å². The highest BCUT2D eigenvalue weighted by atomic mass is 35.5. The van der Waals surface area contributed by atoms with Crippen LogP contribution in [0.2, 0.25) is 10.0 Å². The molecule has 0 saturated carbocycles. The molecule has 2 aromatic carbocycles. The Morgan fingerprint density at radius 3 is 2.41 bits per heavy atom. The van der Waals surface area contributed by atoms with E-state index >= 15 is 0 Å². The van der Waals surface area contributed by atoms with Crippen LogP contribution in [0.15, 0.2) is 51.9 Å². The molecule has 10 heteroatoms. The normalized spacial score (nSPS) is 11.8. The van der Waals surface area contributed by atoms with E-state index in [9.17, 15) is 8.42 Å². The molecule has 0 spiro atoms. The molecule has 0 aliphatic carbocycles. The van der Waals surface area contributed by atoms with E-state index in [1.165, 1.54) is 10.4 Å². The molecular formula is C19H20Cl2N4O3S. The van der Waals surface area contributed by atoms with Crippen LogP contribution in [0.1, 0.15) is 19.7 Å². The van der Waals surface area contributed by atoms with Crippen molar-refractivity contribution in [2.24, 2.45) is 0 Å². The number of anilines is 1. The van der Waals surface area contributed by atoms with Crippen molar-refractivity contribution in [2.45, 2.75) is 25.3 Å². The summed E-state index contributed by atoms with van der Waals surface area (Å²) in [5.41, 5.74) is 1.36. The highest BCUT2D eigenvalue weighted by molar-refractivity contribution is 7.89. The average Bonchev–Trinajstić information content (AvgIpc) is 3.17. The Morgan fingerprint density at radius 2 is 1.76 bits per heavy atom. The van der Waals surface area contributed by atoms with E-state index in [-0.39, 0.29) is 16.5 Å². The molecule has 154 valence electrons. The van der Waals surface area contributed by atoms with Crippen LogP contribution in [0.4, 0.5) is 5.69 Å². The van der Waals surface area contributed by atoms with Gasteiger partial charge in [-0.25, -0.2) is 8.42 Å². The maximum absolute atomic E-state index is 12.8. The number of halogens is 2. The zero-order chi connectivity index (χ0) is 21.0. The second kappa shape index (κ2) is 9.13. The number of benzene rings is 2. The van der Waals surface area contributed by atoms with Gasteiger partial charge < -0.3 is 9.84 Å². The predicted molar refractivity (Wildman–Crippen MR) is 114 cm³/mol. The lowest BCUT2D eigenvalue weighted by Crippen LogP contribution is -2.30. The van der Waals surface area contributed by atoms with Crippen LogP contribution in [0, 0.1) is 0 Å². The number of nitrogens with one attached hydrogen (secondary N) is 1. The first-order valence-electron chi connectivity index (χ1n) is 8.97. The van der Waals surface area contributed by atoms with Crippen LogP contribution in [0.3, 0.4) is 0 Å². The molecule has 0 fully saturated rings. The summed E-state index contributed by atoms with van der Waals surface area (Å²) >= 11 is 12.0. The first kappa shape index (κ1) is 21.6. The van der Waals surface area contributed by atoms with Gasteiger partial charge in [-0.05, 0) is 42.5 Å². The molecule has 1 aromatic heterocycles. The smallest absolute Gasteiger partial charge is 0.246 e. The Balaban J connectivity index is 1.76. The van der Waals surface area contributed by atoms with Crippen molar-refractivity contribution in [1.29, 1.82) is 0 Å². The van der Waals surface area contributed by atoms with E-state index in [1.807, 2.05) is 0 Å². The minimum absolute atomic E-state index is 0.0558. The molecule has 0 amide bonds. The molecule has 0 saturated heterocycles. The zero-order valence-corrected chi connectivity index (χ0v) is 18.2. The van der Waals surface area contributed by atoms with Crippen molar-refractivity contribution in [2.75, 3.05) is 18.4 Å². The molecule has 29 heavy (non-hydrogen) atoms. The van der Waals surface area contributed by atoms with Gasteiger partial charge in [0.25, 0.3) is 0 Å². The van der Waals surface area contributed by atoms with Crippen molar-refractivity contribution in [1.82, 2.24) is 14.4 Å². The third-order valence-corrected chi connectivity index (χ3v) is 7.05. The molecule has 0 aliphatic heterocycles. The highest BCUT2D eigenvalue weighted by Crippen LogP contribution is 2.28. The minimum Gasteiger partial charge on any atom is -0.376 e. The van der Waals surface area contributed by atoms with E-state index in [1.54, 1.807) is 50.2 Å². The van der Waals surface area contributed by atoms with Crippen LogP contribution >= 0.6 is 23.2 Å². The van der Waals surface area contributed by atoms with E-state index < -0.39 is 10.0 Å². The van der Waals surface area contributed by atoms with Gasteiger partial charge in [0.15, 0.2) is 0 Å². The molecule has 1 N–H and O–H groups in total. The lowest BCUT2D eigenvalue weighted by Gasteiger charge is -2.19. The fraction of sp³-hybridized carbons (Fsp3) is 0.263. The number of hydrogen-bond donors (Lipinski definition) is 1. The van der Waals surface area contributed by atoms with Crippen molar-refractivity contribution in [3.8, 4) is 11.4 Å². The molecule has 3 rings (SSSR count). The predicted octanol–water partition coefficient (Wildman–Crippen LogP) is 4.69. The molecule has 0 radical (unpaired) electrons. The van der Waals surface area contributed by atoms with E-state index in [2.05, 4.69) is 15.5 Å². The second-order valence-electron chi connectivity index (χ2n) is 6.11. The minimum atomic E-state index is -3.67. The Bertz CT molecular complexity index is 1080. The van der Waals surface area contributed by atoms with Gasteiger partial charge in [0.2, 0.25) is 21.7 Å². The Labute approximate surface area is 179 Å². The van der Waals surface area contributed by atoms with Crippen LogP contribution in [0.25, 0.3) is 11.4 Å². The van der Waals surface area contributed by atoms with Gasteiger partial charge in [-0.15, -0.1) is 0 Å². The standard InChI is InChI=1S/C19H20Cl2N4O3S/c1-3-25(4-2)29(26,27)17-11-15(9-10-16(17)21)22-12-18-23-19(24-28-18)13-5-7-14(20)8-6-13/h5-11,22H,3-4,12H2,1-2H3. The van der Waals surface area contributed by atoms with E-state index in [0.717, 1.165) is 5.56 Å². The maximum Gasteiger partial charge on any atom is 0.246 e. The number of sulfonamides is 1. The molecule has 7 nitrogen and oxygen atoms in total. The van der Waals surface area contributed by atoms with Crippen LogP contribution in [0.5, 0.6) is 0 Å². The van der Waals surface area contributed by atoms with Crippen LogP contribution < -0.4 is 5.32 Å². The zero-order valence-electron chi connectivity index (χ0n) is 15.9. The van der Waals surface area contributed by atoms with Gasteiger partial charge >= 0.3 is 0 Å². The highest BCUT2D eigenvalue weighted by Gasteiger charge is 2.24. The third kappa shape index (κ3) is 4.90. The first-order valence-corrected chi connectivity index (χ1v) is 11.2. The lowest BCUT2D eigenvalue weighted by molar-refractivity contribution is 0.384. The molecule has 3 aromatic rings. The largest absolute Gasteiger partial charge is 0.376 e. The first-order chi connectivity index (χ1) is 13.8. The topological polar surface area (TPSA) is 88.3 Å². The number of hydrogen-bond acceptors (Lipinski definition) is 6. The van der Waals surface area contributed by atoms with Crippen molar-refractivity contribution < 1.29 is 12.9 Å². The molecular weight excluding hydrogens is 435 g/mol. The monoisotopic (exact) mass is 454 g/mol. The van der Waals surface area contributed by atoms with Crippen molar-refractivity contribution in [3.05, 3.63) is 58.4 Å². The van der Waals surface area contributed by atoms with E-state index in [4.69, 9.17) is 27.7 Å². The molecule has 0 aliphatic rings. The van der Waals surface area contributed by atoms with Crippen molar-refractivity contribution >= 4 is 38.9 Å². The summed E-state index contributed by atoms with van der Waals surface area (Å²) in [4.78, 5) is 4.39. The Kier molecular flexibility index (Phi) is 6.79. The number of rotatable bonds is 8. The average molecular weight is 455 g/mol. The molecule has 0 unspecified atom stereocenters. The summed E-state index contributed by atoms with van der Waals surface area (Å²) in [5.74, 6) is 0.803. The Morgan fingerprint density at radius 1 is 1.07 bits per heavy atom. The quantitative estimate of drug-likeness (QED) is 0.531. The molecule has 1 heterocycles. The molecule has 0 bridgehead atoms. The second-order valence-corrected chi connectivity index (χ2v) is 8.86. The van der Waals surface area contributed by atoms with Gasteiger partial charge in [-0.3, -0.25) is 0 Å². The van der Waals surface area contributed by atoms with Gasteiger partial charge in [0, 0.05) is 29.4 Å². The lowest BCUT2D eigenvalue weighted by atomic mass is 10.2. The molecule has 0 atom stereocenters. The van der Waals surface area contributed by atoms with Crippen LogP contribution in [-0.4, -0.2) is 36.0 Å². The fourth-order valence-electron chi connectivity index (χ4n) is 2.73. The fourth-order valence-corrected chi connectivity index (χ4v) is 4.82. The number of aromatic nitrogens is 2. The summed E-state index contributed by atoms with van der Waals surface area (Å²) in [6.45, 7) is 4.52. The Hall–Kier alpha value is -2.13.